The maximum absolute atomic E-state index is 12.2. The van der Waals surface area contributed by atoms with E-state index < -0.39 is 12.6 Å². The predicted molar refractivity (Wildman–Crippen MR) is 118 cm³/mol. The van der Waals surface area contributed by atoms with Crippen LogP contribution in [0.1, 0.15) is 23.2 Å². The minimum atomic E-state index is -2.84. The molecular weight excluding hydrogens is 430 g/mol. The first-order chi connectivity index (χ1) is 16.0. The van der Waals surface area contributed by atoms with Crippen LogP contribution in [-0.4, -0.2) is 40.7 Å². The summed E-state index contributed by atoms with van der Waals surface area (Å²) in [7, 11) is 0. The van der Waals surface area contributed by atoms with Gasteiger partial charge in [0.15, 0.2) is 0 Å². The van der Waals surface area contributed by atoms with Crippen LogP contribution in [0.3, 0.4) is 0 Å². The normalized spacial score (nSPS) is 13.5. The van der Waals surface area contributed by atoms with E-state index in [1.54, 1.807) is 12.1 Å². The second-order valence-corrected chi connectivity index (χ2v) is 7.81. The molecule has 0 bridgehead atoms. The number of hydrogen-bond acceptors (Lipinski definition) is 5. The molecule has 0 atom stereocenters. The number of alkyl halides is 2. The molecule has 4 rings (SSSR count). The quantitative estimate of drug-likeness (QED) is 0.503. The molecule has 2 heterocycles. The van der Waals surface area contributed by atoms with E-state index >= 15 is 0 Å². The number of carboxylic acids is 1. The predicted octanol–water partition coefficient (Wildman–Crippen LogP) is 4.76. The minimum Gasteiger partial charge on any atom is -0.489 e. The summed E-state index contributed by atoms with van der Waals surface area (Å²) in [6.07, 6.45) is 0.943. The molecule has 1 aliphatic rings. The number of carboxylic acid groups (broad SMARTS) is 1. The van der Waals surface area contributed by atoms with Gasteiger partial charge >= 0.3 is 12.6 Å². The van der Waals surface area contributed by atoms with E-state index in [-0.39, 0.29) is 12.2 Å². The van der Waals surface area contributed by atoms with Gasteiger partial charge in [0.25, 0.3) is 0 Å². The van der Waals surface area contributed by atoms with E-state index in [4.69, 9.17) is 14.8 Å². The van der Waals surface area contributed by atoms with Crippen molar-refractivity contribution < 1.29 is 28.2 Å². The standard InChI is InChI=1S/C25H24F2N2O4/c26-25(27)33-21-6-1-17(2-7-21)16-32-20-8-3-18(4-9-20)22-10-5-19-15-29(14-12-24(30)31)13-11-23(19)28-22/h1-10,25H,11-16H2,(H,30,31). The highest BCUT2D eigenvalue weighted by Gasteiger charge is 2.18. The Morgan fingerprint density at radius 1 is 1.03 bits per heavy atom. The Hall–Kier alpha value is -3.52. The lowest BCUT2D eigenvalue weighted by Gasteiger charge is -2.27. The summed E-state index contributed by atoms with van der Waals surface area (Å²) in [5.41, 5.74) is 4.90. The Bertz CT molecular complexity index is 1090. The highest BCUT2D eigenvalue weighted by atomic mass is 19.3. The molecule has 0 saturated carbocycles. The van der Waals surface area contributed by atoms with Crippen molar-refractivity contribution in [2.24, 2.45) is 0 Å². The molecule has 0 radical (unpaired) electrons. The largest absolute Gasteiger partial charge is 0.489 e. The Morgan fingerprint density at radius 3 is 2.45 bits per heavy atom. The first kappa shape index (κ1) is 22.7. The van der Waals surface area contributed by atoms with Crippen LogP contribution in [0.25, 0.3) is 11.3 Å². The van der Waals surface area contributed by atoms with E-state index in [0.717, 1.165) is 47.6 Å². The molecule has 33 heavy (non-hydrogen) atoms. The molecule has 6 nitrogen and oxygen atoms in total. The van der Waals surface area contributed by atoms with Gasteiger partial charge in [0.1, 0.15) is 18.1 Å². The van der Waals surface area contributed by atoms with Crippen molar-refractivity contribution in [1.29, 1.82) is 0 Å². The number of halogens is 2. The van der Waals surface area contributed by atoms with E-state index in [0.29, 0.717) is 18.9 Å². The third-order valence-corrected chi connectivity index (χ3v) is 5.47. The smallest absolute Gasteiger partial charge is 0.387 e. The fourth-order valence-electron chi connectivity index (χ4n) is 3.74. The molecule has 2 aromatic carbocycles. The van der Waals surface area contributed by atoms with E-state index in [2.05, 4.69) is 15.7 Å². The van der Waals surface area contributed by atoms with Crippen molar-refractivity contribution in [2.75, 3.05) is 13.1 Å². The lowest BCUT2D eigenvalue weighted by atomic mass is 10.0. The van der Waals surface area contributed by atoms with Crippen LogP contribution in [0.5, 0.6) is 11.5 Å². The van der Waals surface area contributed by atoms with Gasteiger partial charge in [0.05, 0.1) is 12.1 Å². The third-order valence-electron chi connectivity index (χ3n) is 5.47. The first-order valence-electron chi connectivity index (χ1n) is 10.7. The van der Waals surface area contributed by atoms with Crippen LogP contribution < -0.4 is 9.47 Å². The number of nitrogens with zero attached hydrogens (tertiary/aromatic N) is 2. The summed E-state index contributed by atoms with van der Waals surface area (Å²) < 4.78 is 34.6. The molecule has 0 unspecified atom stereocenters. The second-order valence-electron chi connectivity index (χ2n) is 7.81. The summed E-state index contributed by atoms with van der Waals surface area (Å²) in [4.78, 5) is 17.8. The summed E-state index contributed by atoms with van der Waals surface area (Å²) in [5.74, 6) is 0.0291. The van der Waals surface area contributed by atoms with Crippen molar-refractivity contribution in [3.63, 3.8) is 0 Å². The summed E-state index contributed by atoms with van der Waals surface area (Å²) in [6, 6.07) is 18.0. The summed E-state index contributed by atoms with van der Waals surface area (Å²) in [5, 5.41) is 8.87. The zero-order chi connectivity index (χ0) is 23.2. The SMILES string of the molecule is O=C(O)CCN1CCc2nc(-c3ccc(OCc4ccc(OC(F)F)cc4)cc3)ccc2C1. The molecule has 1 aliphatic heterocycles. The first-order valence-corrected chi connectivity index (χ1v) is 10.7. The topological polar surface area (TPSA) is 71.9 Å². The van der Waals surface area contributed by atoms with Crippen molar-refractivity contribution >= 4 is 5.97 Å². The van der Waals surface area contributed by atoms with Crippen molar-refractivity contribution in [2.45, 2.75) is 32.6 Å². The van der Waals surface area contributed by atoms with Crippen LogP contribution in [0.4, 0.5) is 8.78 Å². The molecule has 0 saturated heterocycles. The van der Waals surface area contributed by atoms with E-state index in [1.165, 1.54) is 12.1 Å². The molecule has 0 fully saturated rings. The Balaban J connectivity index is 1.34. The Kier molecular flexibility index (Phi) is 7.14. The lowest BCUT2D eigenvalue weighted by Crippen LogP contribution is -2.32. The van der Waals surface area contributed by atoms with Gasteiger partial charge in [-0.25, -0.2) is 0 Å². The van der Waals surface area contributed by atoms with E-state index in [1.807, 2.05) is 30.3 Å². The minimum absolute atomic E-state index is 0.114. The van der Waals surface area contributed by atoms with Crippen LogP contribution >= 0.6 is 0 Å². The number of benzene rings is 2. The molecular formula is C25H24F2N2O4. The molecule has 1 N–H and O–H groups in total. The number of aromatic nitrogens is 1. The van der Waals surface area contributed by atoms with Gasteiger partial charge in [-0.3, -0.25) is 14.7 Å². The van der Waals surface area contributed by atoms with Crippen molar-refractivity contribution in [1.82, 2.24) is 9.88 Å². The molecule has 0 amide bonds. The number of ether oxygens (including phenoxy) is 2. The maximum atomic E-state index is 12.2. The van der Waals surface area contributed by atoms with Gasteiger partial charge in [-0.2, -0.15) is 8.78 Å². The summed E-state index contributed by atoms with van der Waals surface area (Å²) in [6.45, 7) is -0.458. The molecule has 3 aromatic rings. The Morgan fingerprint density at radius 2 is 1.76 bits per heavy atom. The zero-order valence-corrected chi connectivity index (χ0v) is 17.9. The number of carbonyl (C=O) groups is 1. The van der Waals surface area contributed by atoms with Crippen LogP contribution in [0, 0.1) is 0 Å². The fourth-order valence-corrected chi connectivity index (χ4v) is 3.74. The maximum Gasteiger partial charge on any atom is 0.387 e. The van der Waals surface area contributed by atoms with Crippen LogP contribution in [-0.2, 0) is 24.4 Å². The second kappa shape index (κ2) is 10.4. The van der Waals surface area contributed by atoms with E-state index in [9.17, 15) is 13.6 Å². The van der Waals surface area contributed by atoms with Crippen molar-refractivity contribution in [3.8, 4) is 22.8 Å². The monoisotopic (exact) mass is 454 g/mol. The van der Waals surface area contributed by atoms with Gasteiger partial charge in [0, 0.05) is 37.3 Å². The lowest BCUT2D eigenvalue weighted by molar-refractivity contribution is -0.137. The molecule has 1 aromatic heterocycles. The number of aliphatic carboxylic acids is 1. The van der Waals surface area contributed by atoms with Gasteiger partial charge in [-0.1, -0.05) is 18.2 Å². The van der Waals surface area contributed by atoms with Crippen LogP contribution in [0.2, 0.25) is 0 Å². The van der Waals surface area contributed by atoms with Crippen LogP contribution in [0.15, 0.2) is 60.7 Å². The zero-order valence-electron chi connectivity index (χ0n) is 17.9. The molecule has 0 aliphatic carbocycles. The summed E-state index contributed by atoms with van der Waals surface area (Å²) >= 11 is 0. The van der Waals surface area contributed by atoms with Gasteiger partial charge in [-0.15, -0.1) is 0 Å². The number of pyridine rings is 1. The number of hydrogen-bond donors (Lipinski definition) is 1. The van der Waals surface area contributed by atoms with Gasteiger partial charge < -0.3 is 14.6 Å². The van der Waals surface area contributed by atoms with Gasteiger partial charge in [-0.05, 0) is 53.6 Å². The molecule has 0 spiro atoms. The highest BCUT2D eigenvalue weighted by molar-refractivity contribution is 5.66. The number of fused-ring (bicyclic) bond motifs is 1. The molecule has 172 valence electrons. The van der Waals surface area contributed by atoms with Crippen molar-refractivity contribution in [3.05, 3.63) is 77.5 Å². The highest BCUT2D eigenvalue weighted by Crippen LogP contribution is 2.25. The average molecular weight is 454 g/mol. The Labute approximate surface area is 190 Å². The number of rotatable bonds is 9. The van der Waals surface area contributed by atoms with Gasteiger partial charge in [0.2, 0.25) is 0 Å². The fraction of sp³-hybridized carbons (Fsp3) is 0.280. The third kappa shape index (κ3) is 6.26. The molecule has 8 heteroatoms. The average Bonchev–Trinajstić information content (AvgIpc) is 2.82.